The van der Waals surface area contributed by atoms with Crippen molar-refractivity contribution in [1.82, 2.24) is 0 Å². The van der Waals surface area contributed by atoms with Gasteiger partial charge in [0.25, 0.3) is 0 Å². The molecule has 0 aromatic heterocycles. The van der Waals surface area contributed by atoms with Crippen LogP contribution in [0.5, 0.6) is 0 Å². The molecular formula is C59H114O6. The van der Waals surface area contributed by atoms with Gasteiger partial charge in [-0.2, -0.15) is 0 Å². The minimum atomic E-state index is -0.762. The van der Waals surface area contributed by atoms with Crippen LogP contribution in [0.4, 0.5) is 0 Å². The predicted octanol–water partition coefficient (Wildman–Crippen LogP) is 19.4. The number of carbonyl (C=O) groups excluding carboxylic acids is 3. The van der Waals surface area contributed by atoms with Gasteiger partial charge in [-0.25, -0.2) is 0 Å². The van der Waals surface area contributed by atoms with Gasteiger partial charge in [0, 0.05) is 19.3 Å². The van der Waals surface area contributed by atoms with Gasteiger partial charge in [-0.3, -0.25) is 14.4 Å². The molecule has 0 amide bonds. The molecule has 0 fully saturated rings. The third-order valence-electron chi connectivity index (χ3n) is 13.5. The summed E-state index contributed by atoms with van der Waals surface area (Å²) < 4.78 is 16.9. The van der Waals surface area contributed by atoms with Gasteiger partial charge >= 0.3 is 17.9 Å². The van der Waals surface area contributed by atoms with Crippen molar-refractivity contribution in [3.63, 3.8) is 0 Å². The van der Waals surface area contributed by atoms with Gasteiger partial charge < -0.3 is 14.2 Å². The van der Waals surface area contributed by atoms with Crippen LogP contribution in [0.15, 0.2) is 0 Å². The van der Waals surface area contributed by atoms with Crippen LogP contribution in [-0.2, 0) is 28.6 Å². The molecule has 0 rings (SSSR count). The Labute approximate surface area is 406 Å². The summed E-state index contributed by atoms with van der Waals surface area (Å²) in [6, 6.07) is 0. The fourth-order valence-electron chi connectivity index (χ4n) is 9.10. The molecule has 65 heavy (non-hydrogen) atoms. The maximum atomic E-state index is 12.9. The number of esters is 3. The molecule has 0 aliphatic heterocycles. The quantitative estimate of drug-likeness (QED) is 0.0344. The third kappa shape index (κ3) is 53.2. The minimum Gasteiger partial charge on any atom is -0.462 e. The second kappa shape index (κ2) is 53.4. The molecule has 0 saturated heterocycles. The average molecular weight is 920 g/mol. The van der Waals surface area contributed by atoms with Crippen LogP contribution in [0.1, 0.15) is 336 Å². The van der Waals surface area contributed by atoms with Crippen molar-refractivity contribution in [2.45, 2.75) is 342 Å². The standard InChI is InChI=1S/C59H114O6/c1-5-7-9-11-13-15-17-19-21-22-23-24-25-27-31-36-40-44-48-52-59(62)65-56(53-63-57(60)50-46-42-38-34-30-26-20-18-16-14-12-10-8-6-2)54-64-58(61)51-47-43-39-35-32-28-29-33-37-41-45-49-55(3)4/h55-56H,5-54H2,1-4H3/t56-/m0/s1. The summed E-state index contributed by atoms with van der Waals surface area (Å²) in [5.74, 6) is -0.00812. The molecule has 0 aromatic carbocycles. The summed E-state index contributed by atoms with van der Waals surface area (Å²) in [6.07, 6.45) is 58.1. The predicted molar refractivity (Wildman–Crippen MR) is 280 cm³/mol. The average Bonchev–Trinajstić information content (AvgIpc) is 3.29. The second-order valence-electron chi connectivity index (χ2n) is 20.8. The van der Waals surface area contributed by atoms with Crippen molar-refractivity contribution in [2.75, 3.05) is 13.2 Å². The highest BCUT2D eigenvalue weighted by Gasteiger charge is 2.19. The molecule has 0 spiro atoms. The number of ether oxygens (including phenoxy) is 3. The van der Waals surface area contributed by atoms with Crippen LogP contribution in [0.2, 0.25) is 0 Å². The molecule has 0 bridgehead atoms. The zero-order valence-electron chi connectivity index (χ0n) is 44.5. The number of carbonyl (C=O) groups is 3. The zero-order valence-corrected chi connectivity index (χ0v) is 44.5. The Morgan fingerprint density at radius 3 is 0.754 bits per heavy atom. The Bertz CT molecular complexity index is 980. The van der Waals surface area contributed by atoms with Crippen LogP contribution in [0.25, 0.3) is 0 Å². The lowest BCUT2D eigenvalue weighted by Gasteiger charge is -2.18. The third-order valence-corrected chi connectivity index (χ3v) is 13.5. The topological polar surface area (TPSA) is 78.9 Å². The molecule has 0 heterocycles. The van der Waals surface area contributed by atoms with E-state index in [-0.39, 0.29) is 31.1 Å². The lowest BCUT2D eigenvalue weighted by Crippen LogP contribution is -2.30. The van der Waals surface area contributed by atoms with E-state index < -0.39 is 6.10 Å². The van der Waals surface area contributed by atoms with E-state index in [1.54, 1.807) is 0 Å². The van der Waals surface area contributed by atoms with Gasteiger partial charge in [-0.05, 0) is 25.2 Å². The number of rotatable bonds is 54. The van der Waals surface area contributed by atoms with Crippen LogP contribution in [0.3, 0.4) is 0 Å². The Morgan fingerprint density at radius 1 is 0.292 bits per heavy atom. The van der Waals surface area contributed by atoms with Gasteiger partial charge in [0.05, 0.1) is 0 Å². The molecular weight excluding hydrogens is 805 g/mol. The molecule has 6 heteroatoms. The summed E-state index contributed by atoms with van der Waals surface area (Å²) in [5, 5.41) is 0. The second-order valence-corrected chi connectivity index (χ2v) is 20.8. The summed E-state index contributed by atoms with van der Waals surface area (Å²) in [4.78, 5) is 38.1. The fraction of sp³-hybridized carbons (Fsp3) is 0.949. The molecule has 386 valence electrons. The Morgan fingerprint density at radius 2 is 0.508 bits per heavy atom. The minimum absolute atomic E-state index is 0.0619. The van der Waals surface area contributed by atoms with Crippen molar-refractivity contribution >= 4 is 17.9 Å². The molecule has 1 atom stereocenters. The van der Waals surface area contributed by atoms with Gasteiger partial charge in [-0.1, -0.05) is 297 Å². The summed E-state index contributed by atoms with van der Waals surface area (Å²) >= 11 is 0. The molecule has 6 nitrogen and oxygen atoms in total. The molecule has 0 N–H and O–H groups in total. The normalized spacial score (nSPS) is 12.0. The Hall–Kier alpha value is -1.59. The van der Waals surface area contributed by atoms with Crippen molar-refractivity contribution < 1.29 is 28.6 Å². The van der Waals surface area contributed by atoms with E-state index >= 15 is 0 Å². The maximum absolute atomic E-state index is 12.9. The largest absolute Gasteiger partial charge is 0.462 e. The summed E-state index contributed by atoms with van der Waals surface area (Å²) in [5.41, 5.74) is 0. The Balaban J connectivity index is 4.28. The van der Waals surface area contributed by atoms with Crippen LogP contribution < -0.4 is 0 Å². The van der Waals surface area contributed by atoms with E-state index in [0.717, 1.165) is 63.7 Å². The van der Waals surface area contributed by atoms with Crippen molar-refractivity contribution in [3.8, 4) is 0 Å². The number of hydrogen-bond donors (Lipinski definition) is 0. The van der Waals surface area contributed by atoms with E-state index in [4.69, 9.17) is 14.2 Å². The van der Waals surface area contributed by atoms with Crippen molar-refractivity contribution in [3.05, 3.63) is 0 Å². The van der Waals surface area contributed by atoms with Gasteiger partial charge in [0.2, 0.25) is 0 Å². The van der Waals surface area contributed by atoms with E-state index in [1.807, 2.05) is 0 Å². The Kier molecular flexibility index (Phi) is 52.1. The zero-order chi connectivity index (χ0) is 47.4. The SMILES string of the molecule is CCCCCCCCCCCCCCCCCCCCCC(=O)O[C@@H](COC(=O)CCCCCCCCCCCCCCCC)COC(=O)CCCCCCCCCCCCCC(C)C. The smallest absolute Gasteiger partial charge is 0.306 e. The molecule has 0 aliphatic rings. The monoisotopic (exact) mass is 919 g/mol. The van der Waals surface area contributed by atoms with Gasteiger partial charge in [0.1, 0.15) is 13.2 Å². The lowest BCUT2D eigenvalue weighted by molar-refractivity contribution is -0.167. The van der Waals surface area contributed by atoms with Crippen molar-refractivity contribution in [2.24, 2.45) is 5.92 Å². The van der Waals surface area contributed by atoms with E-state index in [9.17, 15) is 14.4 Å². The molecule has 0 radical (unpaired) electrons. The number of hydrogen-bond acceptors (Lipinski definition) is 6. The highest BCUT2D eigenvalue weighted by molar-refractivity contribution is 5.71. The summed E-state index contributed by atoms with van der Waals surface area (Å²) in [7, 11) is 0. The first-order valence-electron chi connectivity index (χ1n) is 29.4. The molecule has 0 saturated carbocycles. The van der Waals surface area contributed by atoms with Crippen LogP contribution >= 0.6 is 0 Å². The highest BCUT2D eigenvalue weighted by Crippen LogP contribution is 2.18. The van der Waals surface area contributed by atoms with Gasteiger partial charge in [0.15, 0.2) is 6.10 Å². The van der Waals surface area contributed by atoms with Gasteiger partial charge in [-0.15, -0.1) is 0 Å². The van der Waals surface area contributed by atoms with Crippen LogP contribution in [-0.4, -0.2) is 37.2 Å². The summed E-state index contributed by atoms with van der Waals surface area (Å²) in [6.45, 7) is 9.06. The number of unbranched alkanes of at least 4 members (excludes halogenated alkanes) is 41. The first-order valence-corrected chi connectivity index (χ1v) is 29.4. The van der Waals surface area contributed by atoms with Crippen molar-refractivity contribution in [1.29, 1.82) is 0 Å². The highest BCUT2D eigenvalue weighted by atomic mass is 16.6. The molecule has 0 aromatic rings. The van der Waals surface area contributed by atoms with E-state index in [2.05, 4.69) is 27.7 Å². The lowest BCUT2D eigenvalue weighted by atomic mass is 10.0. The molecule has 0 aliphatic carbocycles. The first-order chi connectivity index (χ1) is 31.9. The van der Waals surface area contributed by atoms with Crippen LogP contribution in [0, 0.1) is 5.92 Å². The van der Waals surface area contributed by atoms with E-state index in [1.165, 1.54) is 231 Å². The fourth-order valence-corrected chi connectivity index (χ4v) is 9.10. The van der Waals surface area contributed by atoms with E-state index in [0.29, 0.717) is 19.3 Å². The maximum Gasteiger partial charge on any atom is 0.306 e. The molecule has 0 unspecified atom stereocenters. The first kappa shape index (κ1) is 63.4.